The fourth-order valence-electron chi connectivity index (χ4n) is 2.03. The molecule has 0 radical (unpaired) electrons. The molecule has 126 valence electrons. The molecule has 0 aliphatic rings. The molecule has 2 N–H and O–H groups in total. The van der Waals surface area contributed by atoms with Gasteiger partial charge >= 0.3 is 0 Å². The average molecular weight is 377 g/mol. The van der Waals surface area contributed by atoms with Crippen molar-refractivity contribution in [3.8, 4) is 0 Å². The zero-order valence-electron chi connectivity index (χ0n) is 12.6. The Morgan fingerprint density at radius 3 is 2.60 bits per heavy atom. The van der Waals surface area contributed by atoms with Crippen LogP contribution in [-0.4, -0.2) is 15.9 Å². The number of hydrogen-bond acceptors (Lipinski definition) is 4. The minimum absolute atomic E-state index is 0.0798. The monoisotopic (exact) mass is 376 g/mol. The summed E-state index contributed by atoms with van der Waals surface area (Å²) >= 11 is 11.6. The van der Waals surface area contributed by atoms with Crippen LogP contribution in [0.25, 0.3) is 0 Å². The Kier molecular flexibility index (Phi) is 5.11. The van der Waals surface area contributed by atoms with E-state index in [0.29, 0.717) is 16.5 Å². The molecule has 0 spiro atoms. The molecule has 0 saturated heterocycles. The Labute approximate surface area is 152 Å². The van der Waals surface area contributed by atoms with Crippen LogP contribution >= 0.6 is 23.2 Å². The molecule has 1 amide bonds. The maximum absolute atomic E-state index is 13.2. The molecular weight excluding hydrogens is 366 g/mol. The third-order valence-electron chi connectivity index (χ3n) is 3.17. The Morgan fingerprint density at radius 2 is 1.84 bits per heavy atom. The highest BCUT2D eigenvalue weighted by Gasteiger charge is 2.11. The van der Waals surface area contributed by atoms with Crippen LogP contribution in [0.1, 0.15) is 10.5 Å². The van der Waals surface area contributed by atoms with Crippen molar-refractivity contribution in [3.63, 3.8) is 0 Å². The highest BCUT2D eigenvalue weighted by molar-refractivity contribution is 6.31. The molecule has 25 heavy (non-hydrogen) atoms. The molecule has 0 unspecified atom stereocenters. The fraction of sp³-hybridized carbons (Fsp3) is 0. The molecule has 0 aliphatic heterocycles. The van der Waals surface area contributed by atoms with Crippen molar-refractivity contribution in [2.45, 2.75) is 0 Å². The van der Waals surface area contributed by atoms with Crippen molar-refractivity contribution in [1.29, 1.82) is 0 Å². The van der Waals surface area contributed by atoms with Crippen LogP contribution in [0.15, 0.2) is 54.9 Å². The Bertz CT molecular complexity index is 936. The molecule has 2 aromatic carbocycles. The van der Waals surface area contributed by atoms with Gasteiger partial charge in [0.25, 0.3) is 5.91 Å². The Morgan fingerprint density at radius 1 is 1.00 bits per heavy atom. The van der Waals surface area contributed by atoms with Crippen molar-refractivity contribution in [3.05, 3.63) is 76.4 Å². The molecule has 0 saturated carbocycles. The van der Waals surface area contributed by atoms with E-state index in [2.05, 4.69) is 20.6 Å². The van der Waals surface area contributed by atoms with Gasteiger partial charge in [0.2, 0.25) is 0 Å². The third-order valence-corrected chi connectivity index (χ3v) is 3.70. The first-order valence-corrected chi connectivity index (χ1v) is 7.88. The lowest BCUT2D eigenvalue weighted by Gasteiger charge is -2.08. The molecule has 1 heterocycles. The summed E-state index contributed by atoms with van der Waals surface area (Å²) in [4.78, 5) is 20.3. The van der Waals surface area contributed by atoms with Crippen molar-refractivity contribution in [2.75, 3.05) is 10.6 Å². The second-order valence-electron chi connectivity index (χ2n) is 5.01. The second kappa shape index (κ2) is 7.46. The van der Waals surface area contributed by atoms with Gasteiger partial charge in [0.05, 0.1) is 5.02 Å². The van der Waals surface area contributed by atoms with Crippen molar-refractivity contribution in [1.82, 2.24) is 9.97 Å². The highest BCUT2D eigenvalue weighted by atomic mass is 35.5. The van der Waals surface area contributed by atoms with Gasteiger partial charge in [-0.05, 0) is 36.4 Å². The van der Waals surface area contributed by atoms with Gasteiger partial charge in [0.15, 0.2) is 0 Å². The number of aromatic nitrogens is 2. The molecule has 8 heteroatoms. The minimum Gasteiger partial charge on any atom is -0.340 e. The fourth-order valence-corrected chi connectivity index (χ4v) is 2.40. The molecule has 0 aliphatic carbocycles. The number of amides is 1. The standard InChI is InChI=1S/C17H11Cl2FN4O/c18-10-2-1-3-11(6-10)23-16-8-15(21-9-22-16)17(25)24-12-4-5-14(20)13(19)7-12/h1-9H,(H,24,25)(H,21,22,23). The molecule has 0 bridgehead atoms. The van der Waals surface area contributed by atoms with E-state index in [-0.39, 0.29) is 10.7 Å². The first-order chi connectivity index (χ1) is 12.0. The highest BCUT2D eigenvalue weighted by Crippen LogP contribution is 2.21. The van der Waals surface area contributed by atoms with Crippen LogP contribution in [0, 0.1) is 5.82 Å². The van der Waals surface area contributed by atoms with E-state index in [1.54, 1.807) is 18.2 Å². The predicted molar refractivity (Wildman–Crippen MR) is 96.1 cm³/mol. The summed E-state index contributed by atoms with van der Waals surface area (Å²) in [6.07, 6.45) is 1.26. The predicted octanol–water partition coefficient (Wildman–Crippen LogP) is 4.92. The van der Waals surface area contributed by atoms with Crippen LogP contribution in [0.3, 0.4) is 0 Å². The van der Waals surface area contributed by atoms with Gasteiger partial charge in [-0.3, -0.25) is 4.79 Å². The van der Waals surface area contributed by atoms with Gasteiger partial charge in [0.1, 0.15) is 23.7 Å². The maximum atomic E-state index is 13.2. The summed E-state index contributed by atoms with van der Waals surface area (Å²) < 4.78 is 13.2. The zero-order chi connectivity index (χ0) is 17.8. The van der Waals surface area contributed by atoms with E-state index in [9.17, 15) is 9.18 Å². The summed E-state index contributed by atoms with van der Waals surface area (Å²) in [6, 6.07) is 12.5. The van der Waals surface area contributed by atoms with E-state index < -0.39 is 11.7 Å². The molecule has 3 aromatic rings. The SMILES string of the molecule is O=C(Nc1ccc(F)c(Cl)c1)c1cc(Nc2cccc(Cl)c2)ncn1. The summed E-state index contributed by atoms with van der Waals surface area (Å²) in [5.74, 6) is -0.603. The number of anilines is 3. The molecular formula is C17H11Cl2FN4O. The first-order valence-electron chi connectivity index (χ1n) is 7.12. The Balaban J connectivity index is 1.76. The zero-order valence-corrected chi connectivity index (χ0v) is 14.1. The molecule has 5 nitrogen and oxygen atoms in total. The topological polar surface area (TPSA) is 66.9 Å². The van der Waals surface area contributed by atoms with E-state index in [1.165, 1.54) is 30.6 Å². The summed E-state index contributed by atoms with van der Waals surface area (Å²) in [6.45, 7) is 0. The average Bonchev–Trinajstić information content (AvgIpc) is 2.58. The number of carbonyl (C=O) groups excluding carboxylic acids is 1. The largest absolute Gasteiger partial charge is 0.340 e. The number of nitrogens with one attached hydrogen (secondary N) is 2. The van der Waals surface area contributed by atoms with Crippen LogP contribution in [0.5, 0.6) is 0 Å². The molecule has 1 aromatic heterocycles. The van der Waals surface area contributed by atoms with Crippen molar-refractivity contribution >= 4 is 46.3 Å². The molecule has 0 fully saturated rings. The number of rotatable bonds is 4. The first kappa shape index (κ1) is 17.1. The van der Waals surface area contributed by atoms with E-state index in [1.807, 2.05) is 6.07 Å². The quantitative estimate of drug-likeness (QED) is 0.678. The van der Waals surface area contributed by atoms with E-state index >= 15 is 0 Å². The van der Waals surface area contributed by atoms with Gasteiger partial charge in [-0.15, -0.1) is 0 Å². The maximum Gasteiger partial charge on any atom is 0.274 e. The van der Waals surface area contributed by atoms with Gasteiger partial charge < -0.3 is 10.6 Å². The number of halogens is 3. The summed E-state index contributed by atoms with van der Waals surface area (Å²) in [7, 11) is 0. The lowest BCUT2D eigenvalue weighted by Crippen LogP contribution is -2.14. The summed E-state index contributed by atoms with van der Waals surface area (Å²) in [5.41, 5.74) is 1.22. The van der Waals surface area contributed by atoms with Crippen molar-refractivity contribution in [2.24, 2.45) is 0 Å². The molecule has 0 atom stereocenters. The Hall–Kier alpha value is -2.70. The smallest absolute Gasteiger partial charge is 0.274 e. The van der Waals surface area contributed by atoms with Crippen LogP contribution in [-0.2, 0) is 0 Å². The summed E-state index contributed by atoms with van der Waals surface area (Å²) in [5, 5.41) is 6.13. The van der Waals surface area contributed by atoms with Crippen LogP contribution < -0.4 is 10.6 Å². The number of hydrogen-bond donors (Lipinski definition) is 2. The number of carbonyl (C=O) groups is 1. The number of benzene rings is 2. The lowest BCUT2D eigenvalue weighted by molar-refractivity contribution is 0.102. The van der Waals surface area contributed by atoms with Gasteiger partial charge in [0, 0.05) is 22.5 Å². The second-order valence-corrected chi connectivity index (χ2v) is 5.85. The number of nitrogens with zero attached hydrogens (tertiary/aromatic N) is 2. The van der Waals surface area contributed by atoms with Crippen molar-refractivity contribution < 1.29 is 9.18 Å². The van der Waals surface area contributed by atoms with E-state index in [0.717, 1.165) is 5.69 Å². The van der Waals surface area contributed by atoms with E-state index in [4.69, 9.17) is 23.2 Å². The van der Waals surface area contributed by atoms with Gasteiger partial charge in [-0.2, -0.15) is 0 Å². The minimum atomic E-state index is -0.560. The lowest BCUT2D eigenvalue weighted by atomic mass is 10.3. The van der Waals surface area contributed by atoms with Gasteiger partial charge in [-0.25, -0.2) is 14.4 Å². The third kappa shape index (κ3) is 4.43. The molecule has 3 rings (SSSR count). The van der Waals surface area contributed by atoms with Crippen LogP contribution in [0.2, 0.25) is 10.0 Å². The van der Waals surface area contributed by atoms with Crippen LogP contribution in [0.4, 0.5) is 21.6 Å². The van der Waals surface area contributed by atoms with Gasteiger partial charge in [-0.1, -0.05) is 29.3 Å². The normalized spacial score (nSPS) is 10.4.